The molecule has 1 aliphatic carbocycles. The number of amides is 1. The minimum absolute atomic E-state index is 0.0243. The summed E-state index contributed by atoms with van der Waals surface area (Å²) in [5.74, 6) is -1.32. The van der Waals surface area contributed by atoms with Crippen molar-refractivity contribution in [2.24, 2.45) is 0 Å². The molecule has 1 atom stereocenters. The van der Waals surface area contributed by atoms with Gasteiger partial charge in [0, 0.05) is 13.0 Å². The zero-order chi connectivity index (χ0) is 12.6. The highest BCUT2D eigenvalue weighted by atomic mass is 35.5. The smallest absolute Gasteiger partial charge is 0.333 e. The van der Waals surface area contributed by atoms with Crippen LogP contribution in [-0.2, 0) is 9.59 Å². The van der Waals surface area contributed by atoms with Crippen molar-refractivity contribution in [1.82, 2.24) is 9.88 Å². The number of carboxylic acid groups (broad SMARTS) is 1. The molecule has 7 heteroatoms. The molecule has 0 aromatic carbocycles. The normalized spacial score (nSPS) is 16.6. The largest absolute Gasteiger partial charge is 0.479 e. The Bertz CT molecular complexity index is 458. The molecule has 0 saturated heterocycles. The van der Waals surface area contributed by atoms with Gasteiger partial charge in [-0.2, -0.15) is 0 Å². The molecule has 17 heavy (non-hydrogen) atoms. The summed E-state index contributed by atoms with van der Waals surface area (Å²) in [6.07, 6.45) is 3.10. The number of thiazole rings is 1. The van der Waals surface area contributed by atoms with Crippen LogP contribution in [0.4, 0.5) is 0 Å². The Balaban J connectivity index is 2.33. The molecule has 1 aromatic heterocycles. The summed E-state index contributed by atoms with van der Waals surface area (Å²) in [7, 11) is 0. The van der Waals surface area contributed by atoms with E-state index in [1.54, 1.807) is 0 Å². The predicted octanol–water partition coefficient (Wildman–Crippen LogP) is 1.93. The molecule has 1 heterocycles. The first-order chi connectivity index (χ1) is 8.00. The van der Waals surface area contributed by atoms with Crippen molar-refractivity contribution in [3.05, 3.63) is 15.5 Å². The molecule has 1 unspecified atom stereocenters. The Morgan fingerprint density at radius 3 is 2.65 bits per heavy atom. The molecule has 0 bridgehead atoms. The van der Waals surface area contributed by atoms with Crippen LogP contribution in [0.3, 0.4) is 0 Å². The van der Waals surface area contributed by atoms with E-state index in [4.69, 9.17) is 11.6 Å². The van der Waals surface area contributed by atoms with Crippen LogP contribution in [-0.4, -0.2) is 32.9 Å². The van der Waals surface area contributed by atoms with Gasteiger partial charge in [-0.15, -0.1) is 11.3 Å². The number of carbonyl (C=O) groups excluding carboxylic acids is 1. The molecule has 1 aliphatic rings. The number of hydrogen-bond acceptors (Lipinski definition) is 4. The summed E-state index contributed by atoms with van der Waals surface area (Å²) in [6, 6.07) is -0.992. The highest BCUT2D eigenvalue weighted by molar-refractivity contribution is 7.16. The number of carbonyl (C=O) groups is 2. The van der Waals surface area contributed by atoms with Crippen LogP contribution in [0.25, 0.3) is 0 Å². The van der Waals surface area contributed by atoms with E-state index < -0.39 is 12.0 Å². The van der Waals surface area contributed by atoms with Gasteiger partial charge in [-0.3, -0.25) is 4.79 Å². The lowest BCUT2D eigenvalue weighted by Crippen LogP contribution is -2.39. The first kappa shape index (κ1) is 12.3. The number of aliphatic carboxylic acids is 1. The minimum Gasteiger partial charge on any atom is -0.479 e. The van der Waals surface area contributed by atoms with Gasteiger partial charge in [0.25, 0.3) is 0 Å². The van der Waals surface area contributed by atoms with Crippen LogP contribution in [0.15, 0.2) is 6.20 Å². The van der Waals surface area contributed by atoms with Gasteiger partial charge in [0.05, 0.1) is 6.20 Å². The Morgan fingerprint density at radius 1 is 1.65 bits per heavy atom. The SMILES string of the molecule is CC(=O)N(C1CC1)C(C(=O)O)c1ncc(Cl)s1. The number of rotatable bonds is 4. The van der Waals surface area contributed by atoms with E-state index in [1.807, 2.05) is 0 Å². The number of carboxylic acids is 1. The highest BCUT2D eigenvalue weighted by Gasteiger charge is 2.41. The Kier molecular flexibility index (Phi) is 3.35. The van der Waals surface area contributed by atoms with Crippen molar-refractivity contribution in [3.63, 3.8) is 0 Å². The van der Waals surface area contributed by atoms with E-state index in [0.717, 1.165) is 24.2 Å². The van der Waals surface area contributed by atoms with E-state index >= 15 is 0 Å². The summed E-state index contributed by atoms with van der Waals surface area (Å²) < 4.78 is 0.422. The zero-order valence-corrected chi connectivity index (χ0v) is 10.7. The van der Waals surface area contributed by atoms with E-state index in [9.17, 15) is 14.7 Å². The van der Waals surface area contributed by atoms with Gasteiger partial charge in [-0.1, -0.05) is 11.6 Å². The zero-order valence-electron chi connectivity index (χ0n) is 9.09. The first-order valence-corrected chi connectivity index (χ1v) is 6.33. The quantitative estimate of drug-likeness (QED) is 0.911. The minimum atomic E-state index is -1.07. The Labute approximate surface area is 107 Å². The fourth-order valence-electron chi connectivity index (χ4n) is 1.74. The summed E-state index contributed by atoms with van der Waals surface area (Å²) in [5.41, 5.74) is 0. The van der Waals surface area contributed by atoms with E-state index in [-0.39, 0.29) is 11.9 Å². The lowest BCUT2D eigenvalue weighted by Gasteiger charge is -2.26. The van der Waals surface area contributed by atoms with Crippen LogP contribution < -0.4 is 0 Å². The second kappa shape index (κ2) is 4.62. The van der Waals surface area contributed by atoms with Crippen molar-refractivity contribution in [3.8, 4) is 0 Å². The Morgan fingerprint density at radius 2 is 2.29 bits per heavy atom. The molecule has 92 valence electrons. The number of nitrogens with zero attached hydrogens (tertiary/aromatic N) is 2. The molecule has 0 radical (unpaired) electrons. The molecule has 1 aromatic rings. The van der Waals surface area contributed by atoms with Crippen molar-refractivity contribution >= 4 is 34.8 Å². The van der Waals surface area contributed by atoms with Crippen LogP contribution in [0.2, 0.25) is 4.34 Å². The monoisotopic (exact) mass is 274 g/mol. The molecular formula is C10H11ClN2O3S. The lowest BCUT2D eigenvalue weighted by atomic mass is 10.2. The fraction of sp³-hybridized carbons (Fsp3) is 0.500. The van der Waals surface area contributed by atoms with Crippen molar-refractivity contribution in [2.75, 3.05) is 0 Å². The number of halogens is 1. The van der Waals surface area contributed by atoms with Gasteiger partial charge in [0.1, 0.15) is 9.34 Å². The third-order valence-electron chi connectivity index (χ3n) is 2.55. The van der Waals surface area contributed by atoms with Crippen molar-refractivity contribution < 1.29 is 14.7 Å². The molecule has 5 nitrogen and oxygen atoms in total. The fourth-order valence-corrected chi connectivity index (χ4v) is 2.76. The summed E-state index contributed by atoms with van der Waals surface area (Å²) in [6.45, 7) is 1.38. The average Bonchev–Trinajstić information content (AvgIpc) is 2.97. The third kappa shape index (κ3) is 2.58. The third-order valence-corrected chi connectivity index (χ3v) is 3.71. The van der Waals surface area contributed by atoms with Crippen LogP contribution in [0, 0.1) is 0 Å². The summed E-state index contributed by atoms with van der Waals surface area (Å²) in [5, 5.41) is 9.61. The van der Waals surface area contributed by atoms with Crippen LogP contribution in [0.1, 0.15) is 30.8 Å². The Hall–Kier alpha value is -1.14. The van der Waals surface area contributed by atoms with Crippen LogP contribution in [0.5, 0.6) is 0 Å². The lowest BCUT2D eigenvalue weighted by molar-refractivity contribution is -0.150. The number of hydrogen-bond donors (Lipinski definition) is 1. The van der Waals surface area contributed by atoms with Crippen molar-refractivity contribution in [1.29, 1.82) is 0 Å². The second-order valence-corrected chi connectivity index (χ2v) is 5.59. The predicted molar refractivity (Wildman–Crippen MR) is 63.0 cm³/mol. The molecule has 1 fully saturated rings. The van der Waals surface area contributed by atoms with E-state index in [0.29, 0.717) is 9.34 Å². The van der Waals surface area contributed by atoms with E-state index in [1.165, 1.54) is 18.0 Å². The highest BCUT2D eigenvalue weighted by Crippen LogP contribution is 2.36. The molecule has 1 N–H and O–H groups in total. The number of aromatic nitrogens is 1. The average molecular weight is 275 g/mol. The molecule has 1 amide bonds. The van der Waals surface area contributed by atoms with Crippen LogP contribution >= 0.6 is 22.9 Å². The van der Waals surface area contributed by atoms with Gasteiger partial charge in [0.2, 0.25) is 5.91 Å². The van der Waals surface area contributed by atoms with Gasteiger partial charge in [-0.25, -0.2) is 9.78 Å². The molecule has 0 aliphatic heterocycles. The van der Waals surface area contributed by atoms with Gasteiger partial charge >= 0.3 is 5.97 Å². The van der Waals surface area contributed by atoms with E-state index in [2.05, 4.69) is 4.98 Å². The first-order valence-electron chi connectivity index (χ1n) is 5.13. The van der Waals surface area contributed by atoms with Gasteiger partial charge < -0.3 is 10.0 Å². The summed E-state index contributed by atoms with van der Waals surface area (Å²) >= 11 is 6.84. The molecular weight excluding hydrogens is 264 g/mol. The maximum absolute atomic E-state index is 11.6. The maximum atomic E-state index is 11.6. The molecule has 1 saturated carbocycles. The topological polar surface area (TPSA) is 70.5 Å². The standard InChI is InChI=1S/C10H11ClN2O3S/c1-5(14)13(6-2-3-6)8(10(15)16)9-12-4-7(11)17-9/h4,6,8H,2-3H2,1H3,(H,15,16). The van der Waals surface area contributed by atoms with Gasteiger partial charge in [-0.05, 0) is 12.8 Å². The summed E-state index contributed by atoms with van der Waals surface area (Å²) in [4.78, 5) is 28.2. The maximum Gasteiger partial charge on any atom is 0.333 e. The molecule has 0 spiro atoms. The second-order valence-electron chi connectivity index (χ2n) is 3.90. The molecule has 2 rings (SSSR count). The van der Waals surface area contributed by atoms with Crippen molar-refractivity contribution in [2.45, 2.75) is 31.8 Å². The van der Waals surface area contributed by atoms with Gasteiger partial charge in [0.15, 0.2) is 6.04 Å².